The Balaban J connectivity index is 1.45. The van der Waals surface area contributed by atoms with Gasteiger partial charge in [0.25, 0.3) is 0 Å². The van der Waals surface area contributed by atoms with Gasteiger partial charge >= 0.3 is 0 Å². The number of hydrogen-bond donors (Lipinski definition) is 0. The normalized spacial score (nSPS) is 34.7. The molecule has 1 saturated carbocycles. The van der Waals surface area contributed by atoms with Gasteiger partial charge in [0.2, 0.25) is 5.91 Å². The Morgan fingerprint density at radius 3 is 2.62 bits per heavy atom. The molecule has 2 saturated heterocycles. The standard InChI is InChI=1S/C22H32N2O2/c1-23(2)19-9-8-17-13-24(14-18(17)12-19)22(25)21-15-26-11-10-20(21)16-6-4-3-5-7-16/h3-7,17-21H,8-15H2,1-2H3/t17?,18?,19?,20-,21-/m1/s1. The van der Waals surface area contributed by atoms with Crippen molar-refractivity contribution < 1.29 is 9.53 Å². The molecule has 1 aromatic rings. The highest BCUT2D eigenvalue weighted by molar-refractivity contribution is 5.80. The van der Waals surface area contributed by atoms with E-state index in [-0.39, 0.29) is 5.92 Å². The fourth-order valence-corrected chi connectivity index (χ4v) is 5.37. The highest BCUT2D eigenvalue weighted by Crippen LogP contribution is 2.40. The highest BCUT2D eigenvalue weighted by atomic mass is 16.5. The van der Waals surface area contributed by atoms with E-state index < -0.39 is 0 Å². The van der Waals surface area contributed by atoms with Crippen molar-refractivity contribution in [1.82, 2.24) is 9.80 Å². The first-order valence-corrected chi connectivity index (χ1v) is 10.2. The van der Waals surface area contributed by atoms with E-state index in [0.29, 0.717) is 36.3 Å². The number of nitrogens with zero attached hydrogens (tertiary/aromatic N) is 2. The highest BCUT2D eigenvalue weighted by Gasteiger charge is 2.43. The number of carbonyl (C=O) groups is 1. The van der Waals surface area contributed by atoms with Crippen LogP contribution in [0, 0.1) is 17.8 Å². The minimum Gasteiger partial charge on any atom is -0.381 e. The van der Waals surface area contributed by atoms with Gasteiger partial charge in [-0.15, -0.1) is 0 Å². The molecule has 4 heteroatoms. The molecule has 1 aromatic carbocycles. The van der Waals surface area contributed by atoms with Crippen LogP contribution in [0.2, 0.25) is 0 Å². The molecular weight excluding hydrogens is 324 g/mol. The van der Waals surface area contributed by atoms with Gasteiger partial charge in [-0.1, -0.05) is 30.3 Å². The van der Waals surface area contributed by atoms with Crippen molar-refractivity contribution in [3.8, 4) is 0 Å². The summed E-state index contributed by atoms with van der Waals surface area (Å²) in [5, 5.41) is 0. The van der Waals surface area contributed by atoms with Gasteiger partial charge in [0, 0.05) is 25.7 Å². The van der Waals surface area contributed by atoms with E-state index in [0.717, 1.165) is 26.1 Å². The van der Waals surface area contributed by atoms with E-state index in [9.17, 15) is 4.79 Å². The molecule has 26 heavy (non-hydrogen) atoms. The molecule has 142 valence electrons. The van der Waals surface area contributed by atoms with Crippen molar-refractivity contribution >= 4 is 5.91 Å². The molecule has 2 aliphatic heterocycles. The third kappa shape index (κ3) is 3.54. The molecule has 5 atom stereocenters. The average Bonchev–Trinajstić information content (AvgIpc) is 3.11. The van der Waals surface area contributed by atoms with E-state index in [4.69, 9.17) is 4.74 Å². The maximum absolute atomic E-state index is 13.4. The SMILES string of the molecule is CN(C)C1CCC2CN(C(=O)[C@@H]3COCC[C@@H]3c3ccccc3)CC2C1. The summed E-state index contributed by atoms with van der Waals surface area (Å²) in [6, 6.07) is 11.2. The van der Waals surface area contributed by atoms with E-state index in [2.05, 4.69) is 48.2 Å². The third-order valence-electron chi connectivity index (χ3n) is 6.97. The molecule has 0 aromatic heterocycles. The van der Waals surface area contributed by atoms with Gasteiger partial charge in [-0.3, -0.25) is 4.79 Å². The lowest BCUT2D eigenvalue weighted by molar-refractivity contribution is -0.140. The number of benzene rings is 1. The predicted octanol–water partition coefficient (Wildman–Crippen LogP) is 3.00. The van der Waals surface area contributed by atoms with Crippen LogP contribution in [-0.2, 0) is 9.53 Å². The molecule has 3 fully saturated rings. The number of fused-ring (bicyclic) bond motifs is 1. The number of likely N-dealkylation sites (tertiary alicyclic amines) is 1. The van der Waals surface area contributed by atoms with Crippen LogP contribution < -0.4 is 0 Å². The number of ether oxygens (including phenoxy) is 1. The van der Waals surface area contributed by atoms with Gasteiger partial charge in [-0.05, 0) is 63.1 Å². The fraction of sp³-hybridized carbons (Fsp3) is 0.682. The van der Waals surface area contributed by atoms with E-state index in [1.54, 1.807) is 0 Å². The molecule has 3 unspecified atom stereocenters. The lowest BCUT2D eigenvalue weighted by Gasteiger charge is -2.34. The monoisotopic (exact) mass is 356 g/mol. The van der Waals surface area contributed by atoms with Crippen molar-refractivity contribution in [2.24, 2.45) is 17.8 Å². The molecular formula is C22H32N2O2. The van der Waals surface area contributed by atoms with E-state index >= 15 is 0 Å². The van der Waals surface area contributed by atoms with Gasteiger partial charge in [0.15, 0.2) is 0 Å². The van der Waals surface area contributed by atoms with Crippen LogP contribution in [0.3, 0.4) is 0 Å². The summed E-state index contributed by atoms with van der Waals surface area (Å²) in [6.07, 6.45) is 4.73. The lowest BCUT2D eigenvalue weighted by atomic mass is 9.79. The van der Waals surface area contributed by atoms with Gasteiger partial charge in [0.1, 0.15) is 0 Å². The van der Waals surface area contributed by atoms with Crippen molar-refractivity contribution in [1.29, 1.82) is 0 Å². The van der Waals surface area contributed by atoms with Crippen LogP contribution in [0.25, 0.3) is 0 Å². The van der Waals surface area contributed by atoms with Crippen LogP contribution in [0.5, 0.6) is 0 Å². The summed E-state index contributed by atoms with van der Waals surface area (Å²) >= 11 is 0. The summed E-state index contributed by atoms with van der Waals surface area (Å²) in [4.78, 5) is 17.9. The van der Waals surface area contributed by atoms with Crippen LogP contribution in [0.15, 0.2) is 30.3 Å². The van der Waals surface area contributed by atoms with Crippen molar-refractivity contribution in [2.45, 2.75) is 37.6 Å². The zero-order valence-corrected chi connectivity index (χ0v) is 16.1. The average molecular weight is 357 g/mol. The molecule has 3 aliphatic rings. The smallest absolute Gasteiger partial charge is 0.228 e. The summed E-state index contributed by atoms with van der Waals surface area (Å²) in [5.74, 6) is 1.99. The summed E-state index contributed by atoms with van der Waals surface area (Å²) in [7, 11) is 4.37. The zero-order chi connectivity index (χ0) is 18.1. The second kappa shape index (κ2) is 7.69. The van der Waals surface area contributed by atoms with E-state index in [1.165, 1.54) is 24.8 Å². The first-order chi connectivity index (χ1) is 12.6. The van der Waals surface area contributed by atoms with Gasteiger partial charge < -0.3 is 14.5 Å². The Labute approximate surface area is 157 Å². The van der Waals surface area contributed by atoms with Crippen molar-refractivity contribution in [3.63, 3.8) is 0 Å². The van der Waals surface area contributed by atoms with Crippen LogP contribution in [0.1, 0.15) is 37.2 Å². The molecule has 1 amide bonds. The quantitative estimate of drug-likeness (QED) is 0.835. The first-order valence-electron chi connectivity index (χ1n) is 10.2. The van der Waals surface area contributed by atoms with Gasteiger partial charge in [-0.25, -0.2) is 0 Å². The Morgan fingerprint density at radius 1 is 1.08 bits per heavy atom. The number of hydrogen-bond acceptors (Lipinski definition) is 3. The maximum Gasteiger partial charge on any atom is 0.228 e. The number of carbonyl (C=O) groups excluding carboxylic acids is 1. The summed E-state index contributed by atoms with van der Waals surface area (Å²) in [5.41, 5.74) is 1.29. The number of amides is 1. The third-order valence-corrected chi connectivity index (χ3v) is 6.97. The van der Waals surface area contributed by atoms with Gasteiger partial charge in [0.05, 0.1) is 12.5 Å². The Hall–Kier alpha value is -1.39. The van der Waals surface area contributed by atoms with Crippen LogP contribution >= 0.6 is 0 Å². The first kappa shape index (κ1) is 18.0. The minimum absolute atomic E-state index is 0.0176. The Bertz CT molecular complexity index is 618. The van der Waals surface area contributed by atoms with Crippen molar-refractivity contribution in [3.05, 3.63) is 35.9 Å². The van der Waals surface area contributed by atoms with Crippen molar-refractivity contribution in [2.75, 3.05) is 40.4 Å². The molecule has 2 heterocycles. The van der Waals surface area contributed by atoms with E-state index in [1.807, 2.05) is 6.07 Å². The molecule has 4 rings (SSSR count). The Morgan fingerprint density at radius 2 is 1.85 bits per heavy atom. The summed E-state index contributed by atoms with van der Waals surface area (Å²) in [6.45, 7) is 3.25. The van der Waals surface area contributed by atoms with Crippen LogP contribution in [-0.4, -0.2) is 62.1 Å². The van der Waals surface area contributed by atoms with Crippen LogP contribution in [0.4, 0.5) is 0 Å². The fourth-order valence-electron chi connectivity index (χ4n) is 5.37. The molecule has 0 bridgehead atoms. The molecule has 1 aliphatic carbocycles. The summed E-state index contributed by atoms with van der Waals surface area (Å²) < 4.78 is 5.73. The zero-order valence-electron chi connectivity index (χ0n) is 16.1. The van der Waals surface area contributed by atoms with Gasteiger partial charge in [-0.2, -0.15) is 0 Å². The molecule has 0 N–H and O–H groups in total. The predicted molar refractivity (Wildman–Crippen MR) is 103 cm³/mol. The lowest BCUT2D eigenvalue weighted by Crippen LogP contribution is -2.42. The number of rotatable bonds is 3. The minimum atomic E-state index is -0.0176. The largest absolute Gasteiger partial charge is 0.381 e. The molecule has 0 spiro atoms. The molecule has 0 radical (unpaired) electrons. The maximum atomic E-state index is 13.4. The second-order valence-corrected chi connectivity index (χ2v) is 8.68. The second-order valence-electron chi connectivity index (χ2n) is 8.68. The Kier molecular flexibility index (Phi) is 5.32. The topological polar surface area (TPSA) is 32.8 Å². The molecule has 4 nitrogen and oxygen atoms in total.